The Morgan fingerprint density at radius 3 is 2.78 bits per heavy atom. The summed E-state index contributed by atoms with van der Waals surface area (Å²) in [6.07, 6.45) is 5.81. The van der Waals surface area contributed by atoms with E-state index in [1.165, 1.54) is 0 Å². The van der Waals surface area contributed by atoms with E-state index in [9.17, 15) is 4.79 Å². The molecule has 2 aliphatic heterocycles. The minimum Gasteiger partial charge on any atom is -0.378 e. The average Bonchev–Trinajstić information content (AvgIpc) is 2.95. The van der Waals surface area contributed by atoms with Gasteiger partial charge in [0.1, 0.15) is 0 Å². The summed E-state index contributed by atoms with van der Waals surface area (Å²) in [4.78, 5) is 14.6. The molecule has 3 rings (SSSR count). The topological polar surface area (TPSA) is 41.6 Å². The highest BCUT2D eigenvalue weighted by Crippen LogP contribution is 2.43. The lowest BCUT2D eigenvalue weighted by atomic mass is 9.98. The smallest absolute Gasteiger partial charge is 0.244 e. The molecule has 0 aromatic rings. The van der Waals surface area contributed by atoms with E-state index in [2.05, 4.69) is 24.1 Å². The molecular weight excluding hydrogens is 228 g/mol. The number of amides is 1. The number of ether oxygens (including phenoxy) is 1. The Balaban J connectivity index is 1.69. The molecular formula is C14H24N2O2. The minimum atomic E-state index is -0.165. The van der Waals surface area contributed by atoms with E-state index < -0.39 is 0 Å². The fourth-order valence-corrected chi connectivity index (χ4v) is 3.50. The summed E-state index contributed by atoms with van der Waals surface area (Å²) in [5.74, 6) is 0.875. The van der Waals surface area contributed by atoms with E-state index >= 15 is 0 Å². The zero-order chi connectivity index (χ0) is 12.8. The van der Waals surface area contributed by atoms with E-state index in [0.717, 1.165) is 45.3 Å². The first-order valence-electron chi connectivity index (χ1n) is 7.40. The molecule has 18 heavy (non-hydrogen) atoms. The van der Waals surface area contributed by atoms with Gasteiger partial charge in [0.25, 0.3) is 0 Å². The van der Waals surface area contributed by atoms with Gasteiger partial charge in [-0.15, -0.1) is 0 Å². The minimum absolute atomic E-state index is 0.165. The first-order chi connectivity index (χ1) is 8.70. The van der Waals surface area contributed by atoms with Crippen molar-refractivity contribution in [1.82, 2.24) is 10.2 Å². The maximum atomic E-state index is 12.5. The lowest BCUT2D eigenvalue weighted by molar-refractivity contribution is -0.131. The van der Waals surface area contributed by atoms with Crippen molar-refractivity contribution in [2.75, 3.05) is 13.2 Å². The van der Waals surface area contributed by atoms with Crippen molar-refractivity contribution in [3.63, 3.8) is 0 Å². The van der Waals surface area contributed by atoms with Crippen LogP contribution in [0.3, 0.4) is 0 Å². The van der Waals surface area contributed by atoms with Crippen molar-refractivity contribution in [1.29, 1.82) is 0 Å². The van der Waals surface area contributed by atoms with Gasteiger partial charge in [-0.3, -0.25) is 10.1 Å². The molecule has 3 aliphatic rings. The third kappa shape index (κ3) is 1.86. The van der Waals surface area contributed by atoms with Crippen LogP contribution in [0, 0.1) is 5.92 Å². The second-order valence-electron chi connectivity index (χ2n) is 5.97. The molecule has 1 saturated carbocycles. The zero-order valence-electron chi connectivity index (χ0n) is 11.4. The van der Waals surface area contributed by atoms with Crippen LogP contribution in [0.5, 0.6) is 0 Å². The molecule has 1 amide bonds. The van der Waals surface area contributed by atoms with Gasteiger partial charge in [0.15, 0.2) is 0 Å². The number of carbonyl (C=O) groups is 1. The second-order valence-corrected chi connectivity index (χ2v) is 5.97. The Bertz CT molecular complexity index is 341. The standard InChI is InChI=1S/C14H24N2O2/c1-3-11-10(5-8-18-11)9-16-12(4-2)15-14(6-7-14)13(16)17/h10-12,15H,3-9H2,1-2H3. The molecule has 4 heteroatoms. The second kappa shape index (κ2) is 4.49. The molecule has 3 fully saturated rings. The van der Waals surface area contributed by atoms with E-state index in [4.69, 9.17) is 4.74 Å². The van der Waals surface area contributed by atoms with Gasteiger partial charge in [-0.1, -0.05) is 13.8 Å². The monoisotopic (exact) mass is 252 g/mol. The lowest BCUT2D eigenvalue weighted by Crippen LogP contribution is -2.41. The Morgan fingerprint density at radius 2 is 2.17 bits per heavy atom. The number of rotatable bonds is 4. The largest absolute Gasteiger partial charge is 0.378 e. The Kier molecular flexibility index (Phi) is 3.10. The summed E-state index contributed by atoms with van der Waals surface area (Å²) in [5, 5.41) is 3.53. The summed E-state index contributed by atoms with van der Waals surface area (Å²) in [7, 11) is 0. The van der Waals surface area contributed by atoms with Crippen molar-refractivity contribution < 1.29 is 9.53 Å². The first kappa shape index (κ1) is 12.4. The van der Waals surface area contributed by atoms with E-state index in [1.54, 1.807) is 0 Å². The molecule has 3 atom stereocenters. The van der Waals surface area contributed by atoms with Crippen molar-refractivity contribution in [2.24, 2.45) is 5.92 Å². The fraction of sp³-hybridized carbons (Fsp3) is 0.929. The molecule has 4 nitrogen and oxygen atoms in total. The van der Waals surface area contributed by atoms with Crippen LogP contribution in [0.25, 0.3) is 0 Å². The van der Waals surface area contributed by atoms with Gasteiger partial charge in [-0.2, -0.15) is 0 Å². The van der Waals surface area contributed by atoms with Gasteiger partial charge in [-0.25, -0.2) is 0 Å². The molecule has 3 unspecified atom stereocenters. The van der Waals surface area contributed by atoms with Gasteiger partial charge >= 0.3 is 0 Å². The van der Waals surface area contributed by atoms with Gasteiger partial charge in [0.05, 0.1) is 17.8 Å². The van der Waals surface area contributed by atoms with Gasteiger partial charge in [0.2, 0.25) is 5.91 Å². The van der Waals surface area contributed by atoms with Crippen molar-refractivity contribution in [2.45, 2.75) is 63.8 Å². The quantitative estimate of drug-likeness (QED) is 0.824. The van der Waals surface area contributed by atoms with Crippen LogP contribution in [0.1, 0.15) is 46.0 Å². The maximum absolute atomic E-state index is 12.5. The zero-order valence-corrected chi connectivity index (χ0v) is 11.4. The molecule has 2 saturated heterocycles. The van der Waals surface area contributed by atoms with Crippen LogP contribution in [0.2, 0.25) is 0 Å². The lowest BCUT2D eigenvalue weighted by Gasteiger charge is -2.28. The Labute approximate surface area is 109 Å². The molecule has 2 heterocycles. The highest BCUT2D eigenvalue weighted by molar-refractivity contribution is 5.91. The van der Waals surface area contributed by atoms with E-state index in [0.29, 0.717) is 17.9 Å². The normalized spacial score (nSPS) is 37.8. The predicted octanol–water partition coefficient (Wildman–Crippen LogP) is 1.50. The number of nitrogens with one attached hydrogen (secondary N) is 1. The number of nitrogens with zero attached hydrogens (tertiary/aromatic N) is 1. The van der Waals surface area contributed by atoms with Crippen LogP contribution < -0.4 is 5.32 Å². The molecule has 1 aliphatic carbocycles. The van der Waals surface area contributed by atoms with Crippen LogP contribution >= 0.6 is 0 Å². The molecule has 1 N–H and O–H groups in total. The summed E-state index contributed by atoms with van der Waals surface area (Å²) in [6, 6.07) is 0. The van der Waals surface area contributed by atoms with Crippen molar-refractivity contribution in [3.05, 3.63) is 0 Å². The van der Waals surface area contributed by atoms with Crippen LogP contribution in [-0.2, 0) is 9.53 Å². The van der Waals surface area contributed by atoms with Crippen molar-refractivity contribution in [3.8, 4) is 0 Å². The number of carbonyl (C=O) groups excluding carboxylic acids is 1. The highest BCUT2D eigenvalue weighted by Gasteiger charge is 2.58. The van der Waals surface area contributed by atoms with E-state index in [-0.39, 0.29) is 11.7 Å². The van der Waals surface area contributed by atoms with Crippen LogP contribution in [0.4, 0.5) is 0 Å². The number of hydrogen-bond donors (Lipinski definition) is 1. The molecule has 1 spiro atoms. The fourth-order valence-electron chi connectivity index (χ4n) is 3.50. The summed E-state index contributed by atoms with van der Waals surface area (Å²) in [5.41, 5.74) is -0.165. The third-order valence-corrected chi connectivity index (χ3v) is 4.81. The van der Waals surface area contributed by atoms with Gasteiger partial charge in [-0.05, 0) is 32.1 Å². The highest BCUT2D eigenvalue weighted by atomic mass is 16.5. The number of hydrogen-bond acceptors (Lipinski definition) is 3. The first-order valence-corrected chi connectivity index (χ1v) is 7.40. The summed E-state index contributed by atoms with van der Waals surface area (Å²) in [6.45, 7) is 6.07. The van der Waals surface area contributed by atoms with Gasteiger partial charge in [0, 0.05) is 19.1 Å². The summed E-state index contributed by atoms with van der Waals surface area (Å²) >= 11 is 0. The van der Waals surface area contributed by atoms with Gasteiger partial charge < -0.3 is 9.64 Å². The molecule has 0 aromatic carbocycles. The Morgan fingerprint density at radius 1 is 1.39 bits per heavy atom. The van der Waals surface area contributed by atoms with Crippen molar-refractivity contribution >= 4 is 5.91 Å². The molecule has 102 valence electrons. The van der Waals surface area contributed by atoms with Crippen LogP contribution in [-0.4, -0.2) is 41.8 Å². The van der Waals surface area contributed by atoms with E-state index in [1.807, 2.05) is 0 Å². The molecule has 0 aromatic heterocycles. The Hall–Kier alpha value is -0.610. The average molecular weight is 252 g/mol. The molecule has 0 bridgehead atoms. The molecule has 0 radical (unpaired) electrons. The maximum Gasteiger partial charge on any atom is 0.244 e. The van der Waals surface area contributed by atoms with Crippen LogP contribution in [0.15, 0.2) is 0 Å². The third-order valence-electron chi connectivity index (χ3n) is 4.81. The SMILES string of the molecule is CCC1OCCC1CN1C(=O)C2(CC2)NC1CC. The summed E-state index contributed by atoms with van der Waals surface area (Å²) < 4.78 is 5.74. The predicted molar refractivity (Wildman–Crippen MR) is 69.0 cm³/mol.